The van der Waals surface area contributed by atoms with E-state index in [1.54, 1.807) is 7.11 Å². The fourth-order valence-electron chi connectivity index (χ4n) is 3.13. The van der Waals surface area contributed by atoms with Gasteiger partial charge >= 0.3 is 0 Å². The SMILES string of the molecule is COC1=CCC([C@@H]2CNC[C@@]2(C)[C@H](C)O)C=C1O. The zero-order valence-electron chi connectivity index (χ0n) is 11.3. The molecule has 1 fully saturated rings. The molecule has 0 aromatic carbocycles. The predicted octanol–water partition coefficient (Wildman–Crippen LogP) is 1.58. The van der Waals surface area contributed by atoms with E-state index < -0.39 is 0 Å². The van der Waals surface area contributed by atoms with Crippen molar-refractivity contribution in [1.82, 2.24) is 5.32 Å². The van der Waals surface area contributed by atoms with Crippen LogP contribution in [0.1, 0.15) is 20.3 Å². The Kier molecular flexibility index (Phi) is 3.69. The first-order chi connectivity index (χ1) is 8.49. The number of hydrogen-bond donors (Lipinski definition) is 3. The van der Waals surface area contributed by atoms with E-state index in [2.05, 4.69) is 12.2 Å². The monoisotopic (exact) mass is 253 g/mol. The van der Waals surface area contributed by atoms with Crippen molar-refractivity contribution in [3.8, 4) is 0 Å². The van der Waals surface area contributed by atoms with Gasteiger partial charge in [0.25, 0.3) is 0 Å². The molecule has 0 spiro atoms. The Morgan fingerprint density at radius 3 is 2.83 bits per heavy atom. The summed E-state index contributed by atoms with van der Waals surface area (Å²) in [5.41, 5.74) is -0.139. The van der Waals surface area contributed by atoms with Gasteiger partial charge in [0.2, 0.25) is 0 Å². The highest BCUT2D eigenvalue weighted by atomic mass is 16.5. The second kappa shape index (κ2) is 4.94. The third-order valence-corrected chi connectivity index (χ3v) is 4.61. The first-order valence-corrected chi connectivity index (χ1v) is 6.53. The molecule has 0 amide bonds. The molecule has 0 saturated carbocycles. The first kappa shape index (κ1) is 13.4. The number of hydrogen-bond acceptors (Lipinski definition) is 4. The summed E-state index contributed by atoms with van der Waals surface area (Å²) in [7, 11) is 1.56. The van der Waals surface area contributed by atoms with Gasteiger partial charge in [-0.15, -0.1) is 0 Å². The van der Waals surface area contributed by atoms with Crippen LogP contribution >= 0.6 is 0 Å². The highest BCUT2D eigenvalue weighted by Gasteiger charge is 2.45. The molecule has 1 unspecified atom stereocenters. The van der Waals surface area contributed by atoms with Crippen LogP contribution in [0.2, 0.25) is 0 Å². The highest BCUT2D eigenvalue weighted by Crippen LogP contribution is 2.42. The molecule has 1 aliphatic carbocycles. The van der Waals surface area contributed by atoms with Crippen LogP contribution < -0.4 is 5.32 Å². The minimum absolute atomic E-state index is 0.139. The predicted molar refractivity (Wildman–Crippen MR) is 70.1 cm³/mol. The number of aliphatic hydroxyl groups is 2. The van der Waals surface area contributed by atoms with Crippen LogP contribution in [0.25, 0.3) is 0 Å². The molecule has 18 heavy (non-hydrogen) atoms. The van der Waals surface area contributed by atoms with E-state index in [9.17, 15) is 10.2 Å². The molecule has 0 radical (unpaired) electrons. The Labute approximate surface area is 108 Å². The molecule has 4 nitrogen and oxygen atoms in total. The molecule has 4 atom stereocenters. The van der Waals surface area contributed by atoms with Crippen molar-refractivity contribution in [2.75, 3.05) is 20.2 Å². The van der Waals surface area contributed by atoms with Gasteiger partial charge in [-0.25, -0.2) is 0 Å². The number of methoxy groups -OCH3 is 1. The van der Waals surface area contributed by atoms with Crippen LogP contribution in [0, 0.1) is 17.3 Å². The number of aliphatic hydroxyl groups excluding tert-OH is 2. The number of allylic oxidation sites excluding steroid dienone is 2. The van der Waals surface area contributed by atoms with Crippen LogP contribution in [-0.4, -0.2) is 36.5 Å². The number of nitrogens with one attached hydrogen (secondary N) is 1. The third kappa shape index (κ3) is 2.15. The molecular weight excluding hydrogens is 230 g/mol. The summed E-state index contributed by atoms with van der Waals surface area (Å²) in [5, 5.41) is 23.3. The van der Waals surface area contributed by atoms with Crippen LogP contribution in [-0.2, 0) is 4.74 Å². The maximum atomic E-state index is 10.0. The summed E-state index contributed by atoms with van der Waals surface area (Å²) >= 11 is 0. The topological polar surface area (TPSA) is 61.7 Å². The molecule has 1 saturated heterocycles. The smallest absolute Gasteiger partial charge is 0.156 e. The molecule has 0 aromatic rings. The fraction of sp³-hybridized carbons (Fsp3) is 0.714. The molecule has 1 heterocycles. The van der Waals surface area contributed by atoms with Crippen molar-refractivity contribution in [1.29, 1.82) is 0 Å². The van der Waals surface area contributed by atoms with Gasteiger partial charge in [-0.2, -0.15) is 0 Å². The van der Waals surface area contributed by atoms with Crippen LogP contribution in [0.5, 0.6) is 0 Å². The molecule has 102 valence electrons. The molecule has 0 aromatic heterocycles. The average molecular weight is 253 g/mol. The molecule has 2 rings (SSSR count). The Morgan fingerprint density at radius 1 is 1.56 bits per heavy atom. The Balaban J connectivity index is 2.17. The maximum Gasteiger partial charge on any atom is 0.156 e. The quantitative estimate of drug-likeness (QED) is 0.714. The van der Waals surface area contributed by atoms with Gasteiger partial charge in [0.05, 0.1) is 13.2 Å². The molecule has 3 N–H and O–H groups in total. The van der Waals surface area contributed by atoms with Crippen LogP contribution in [0.15, 0.2) is 23.7 Å². The molecule has 2 aliphatic rings. The number of ether oxygens (including phenoxy) is 1. The lowest BCUT2D eigenvalue weighted by Crippen LogP contribution is -2.40. The summed E-state index contributed by atoms with van der Waals surface area (Å²) < 4.78 is 5.09. The van der Waals surface area contributed by atoms with Crippen molar-refractivity contribution in [2.24, 2.45) is 17.3 Å². The van der Waals surface area contributed by atoms with Crippen LogP contribution in [0.4, 0.5) is 0 Å². The molecular formula is C14H23NO3. The van der Waals surface area contributed by atoms with Gasteiger partial charge in [-0.1, -0.05) is 6.92 Å². The van der Waals surface area contributed by atoms with E-state index in [-0.39, 0.29) is 23.2 Å². The van der Waals surface area contributed by atoms with E-state index in [0.717, 1.165) is 19.5 Å². The zero-order chi connectivity index (χ0) is 13.3. The standard InChI is InChI=1S/C14H23NO3/c1-9(16)14(2)8-15-7-11(14)10-4-5-13(18-3)12(17)6-10/h5-6,9-11,15-17H,4,7-8H2,1-3H3/t9-,10?,11-,14-/m0/s1. The van der Waals surface area contributed by atoms with Gasteiger partial charge in [0.15, 0.2) is 11.5 Å². The molecule has 0 bridgehead atoms. The normalized spacial score (nSPS) is 38.0. The summed E-state index contributed by atoms with van der Waals surface area (Å²) in [6.45, 7) is 5.67. The van der Waals surface area contributed by atoms with E-state index in [4.69, 9.17) is 4.74 Å². The second-order valence-electron chi connectivity index (χ2n) is 5.64. The van der Waals surface area contributed by atoms with Crippen LogP contribution in [0.3, 0.4) is 0 Å². The Hall–Kier alpha value is -1.00. The molecule has 4 heteroatoms. The average Bonchev–Trinajstić information content (AvgIpc) is 2.72. The summed E-state index contributed by atoms with van der Waals surface area (Å²) in [4.78, 5) is 0. The lowest BCUT2D eigenvalue weighted by atomic mass is 9.68. The minimum Gasteiger partial charge on any atom is -0.504 e. The number of rotatable bonds is 3. The van der Waals surface area contributed by atoms with Gasteiger partial charge in [0, 0.05) is 12.0 Å². The Morgan fingerprint density at radius 2 is 2.28 bits per heavy atom. The summed E-state index contributed by atoms with van der Waals surface area (Å²) in [5.74, 6) is 1.34. The third-order valence-electron chi connectivity index (χ3n) is 4.61. The maximum absolute atomic E-state index is 10.0. The fourth-order valence-corrected chi connectivity index (χ4v) is 3.13. The minimum atomic E-state index is -0.360. The van der Waals surface area contributed by atoms with Gasteiger partial charge in [-0.3, -0.25) is 0 Å². The van der Waals surface area contributed by atoms with E-state index in [1.807, 2.05) is 19.1 Å². The molecule has 1 aliphatic heterocycles. The highest BCUT2D eigenvalue weighted by molar-refractivity contribution is 5.25. The largest absolute Gasteiger partial charge is 0.504 e. The van der Waals surface area contributed by atoms with E-state index in [1.165, 1.54) is 0 Å². The Bertz CT molecular complexity index is 375. The zero-order valence-corrected chi connectivity index (χ0v) is 11.3. The van der Waals surface area contributed by atoms with Gasteiger partial charge in [-0.05, 0) is 43.9 Å². The van der Waals surface area contributed by atoms with Crippen molar-refractivity contribution in [3.05, 3.63) is 23.7 Å². The lowest BCUT2D eigenvalue weighted by Gasteiger charge is -2.38. The van der Waals surface area contributed by atoms with Crippen molar-refractivity contribution >= 4 is 0 Å². The van der Waals surface area contributed by atoms with E-state index >= 15 is 0 Å². The summed E-state index contributed by atoms with van der Waals surface area (Å²) in [6, 6.07) is 0. The van der Waals surface area contributed by atoms with Crippen molar-refractivity contribution < 1.29 is 14.9 Å². The van der Waals surface area contributed by atoms with Gasteiger partial charge in [0.1, 0.15) is 0 Å². The summed E-state index contributed by atoms with van der Waals surface area (Å²) in [6.07, 6.45) is 4.29. The lowest BCUT2D eigenvalue weighted by molar-refractivity contribution is 0.0205. The van der Waals surface area contributed by atoms with Crippen molar-refractivity contribution in [2.45, 2.75) is 26.4 Å². The van der Waals surface area contributed by atoms with E-state index in [0.29, 0.717) is 11.7 Å². The van der Waals surface area contributed by atoms with Crippen molar-refractivity contribution in [3.63, 3.8) is 0 Å². The first-order valence-electron chi connectivity index (χ1n) is 6.53. The van der Waals surface area contributed by atoms with Gasteiger partial charge < -0.3 is 20.3 Å². The second-order valence-corrected chi connectivity index (χ2v) is 5.64.